The summed E-state index contributed by atoms with van der Waals surface area (Å²) in [5, 5.41) is 0. The van der Waals surface area contributed by atoms with Crippen molar-refractivity contribution in [2.24, 2.45) is 0 Å². The number of unbranched alkanes of at least 4 members (excludes halogenated alkanes) is 12. The molecular formula is C68H104N4O8P4S4. The van der Waals surface area contributed by atoms with Gasteiger partial charge in [0.1, 0.15) is 46.0 Å². The third-order valence-electron chi connectivity index (χ3n) is 19.0. The van der Waals surface area contributed by atoms with Crippen molar-refractivity contribution >= 4 is 73.8 Å². The zero-order chi connectivity index (χ0) is 63.0. The minimum absolute atomic E-state index is 0.175. The molecule has 0 unspecified atom stereocenters. The molecule has 4 aromatic rings. The van der Waals surface area contributed by atoms with Gasteiger partial charge in [-0.3, -0.25) is 0 Å². The molecule has 4 aliphatic heterocycles. The van der Waals surface area contributed by atoms with Gasteiger partial charge in [0.25, 0.3) is 0 Å². The second-order valence-corrected chi connectivity index (χ2v) is 37.5. The van der Waals surface area contributed by atoms with Crippen molar-refractivity contribution in [3.63, 3.8) is 0 Å². The summed E-state index contributed by atoms with van der Waals surface area (Å²) in [6.07, 6.45) is 20.8. The Balaban J connectivity index is 1.53. The van der Waals surface area contributed by atoms with E-state index in [0.717, 1.165) is 173 Å². The number of nitrogens with zero attached hydrogens (tertiary/aromatic N) is 4. The van der Waals surface area contributed by atoms with Crippen LogP contribution in [-0.2, 0) is 47.2 Å². The highest BCUT2D eigenvalue weighted by Crippen LogP contribution is 2.68. The summed E-state index contributed by atoms with van der Waals surface area (Å²) >= 11 is 27.8. The first kappa shape index (κ1) is 70.0. The summed E-state index contributed by atoms with van der Waals surface area (Å²) in [5.41, 5.74) is 8.71. The number of hydrogen-bond acceptors (Lipinski definition) is 12. The van der Waals surface area contributed by atoms with Crippen LogP contribution in [0.15, 0.2) is 48.5 Å². The third kappa shape index (κ3) is 14.7. The molecule has 88 heavy (non-hydrogen) atoms. The Kier molecular flexibility index (Phi) is 24.9. The fourth-order valence-corrected chi connectivity index (χ4v) is 25.8. The predicted octanol–water partition coefficient (Wildman–Crippen LogP) is 21.8. The molecule has 5 aliphatic rings. The summed E-state index contributed by atoms with van der Waals surface area (Å²) in [7, 11) is 0. The number of hydrogen-bond donors (Lipinski definition) is 0. The lowest BCUT2D eigenvalue weighted by atomic mass is 9.76. The van der Waals surface area contributed by atoms with Gasteiger partial charge in [0, 0.05) is 192 Å². The van der Waals surface area contributed by atoms with E-state index in [1.165, 1.54) is 0 Å². The topological polar surface area (TPSA) is 86.8 Å². The average Bonchev–Trinajstić information content (AvgIpc) is 1.93. The van der Waals surface area contributed by atoms with Crippen LogP contribution in [0.1, 0.15) is 280 Å². The Morgan fingerprint density at radius 3 is 0.545 bits per heavy atom. The molecule has 0 spiro atoms. The first-order valence-electron chi connectivity index (χ1n) is 34.2. The van der Waals surface area contributed by atoms with Crippen LogP contribution >= 0.6 is 26.6 Å². The van der Waals surface area contributed by atoms with E-state index in [1.807, 2.05) is 0 Å². The summed E-state index contributed by atoms with van der Waals surface area (Å²) < 4.78 is 69.7. The van der Waals surface area contributed by atoms with Crippen LogP contribution in [0.4, 0.5) is 0 Å². The van der Waals surface area contributed by atoms with Crippen molar-refractivity contribution in [2.75, 3.05) is 52.4 Å². The molecule has 0 amide bonds. The number of benzene rings is 4. The molecular weight excluding hydrogens is 1250 g/mol. The van der Waals surface area contributed by atoms with Gasteiger partial charge >= 0.3 is 26.6 Å². The molecule has 0 saturated carbocycles. The van der Waals surface area contributed by atoms with Gasteiger partial charge in [-0.1, -0.05) is 186 Å². The van der Waals surface area contributed by atoms with Crippen LogP contribution in [0.5, 0.6) is 46.0 Å². The smallest absolute Gasteiger partial charge is 0.367 e. The summed E-state index contributed by atoms with van der Waals surface area (Å²) in [4.78, 5) is 0. The molecule has 0 fully saturated rings. The Morgan fingerprint density at radius 2 is 0.409 bits per heavy atom. The number of rotatable bonds is 32. The lowest BCUT2D eigenvalue weighted by Gasteiger charge is -2.42. The fraction of sp³-hybridized carbons (Fsp3) is 0.647. The van der Waals surface area contributed by atoms with Crippen molar-refractivity contribution < 1.29 is 36.2 Å². The van der Waals surface area contributed by atoms with E-state index in [0.29, 0.717) is 98.4 Å². The molecule has 488 valence electrons. The molecule has 9 rings (SSSR count). The highest BCUT2D eigenvalue weighted by atomic mass is 32.5. The summed E-state index contributed by atoms with van der Waals surface area (Å²) in [6.45, 7) is 17.6. The fourth-order valence-electron chi connectivity index (χ4n) is 14.0. The summed E-state index contributed by atoms with van der Waals surface area (Å²) in [6, 6.07) is 18.5. The average molecular weight is 1360 g/mol. The van der Waals surface area contributed by atoms with E-state index in [9.17, 15) is 0 Å². The summed E-state index contributed by atoms with van der Waals surface area (Å²) in [5.74, 6) is 4.75. The minimum atomic E-state index is -3.40. The maximum Gasteiger partial charge on any atom is 0.367 e. The van der Waals surface area contributed by atoms with Gasteiger partial charge in [-0.25, -0.2) is 18.7 Å². The van der Waals surface area contributed by atoms with Gasteiger partial charge in [0.15, 0.2) is 0 Å². The lowest BCUT2D eigenvalue weighted by molar-refractivity contribution is 0.345. The lowest BCUT2D eigenvalue weighted by Crippen LogP contribution is -2.29. The van der Waals surface area contributed by atoms with Crippen LogP contribution in [0.3, 0.4) is 0 Å². The van der Waals surface area contributed by atoms with Crippen LogP contribution in [0, 0.1) is 0 Å². The molecule has 12 nitrogen and oxygen atoms in total. The highest BCUT2D eigenvalue weighted by Gasteiger charge is 2.46. The molecule has 20 heteroatoms. The maximum absolute atomic E-state index is 7.61. The molecule has 0 N–H and O–H groups in total. The first-order chi connectivity index (χ1) is 42.5. The maximum atomic E-state index is 7.61. The molecule has 8 bridgehead atoms. The van der Waals surface area contributed by atoms with E-state index in [1.54, 1.807) is 0 Å². The quantitative estimate of drug-likeness (QED) is 0.0343. The van der Waals surface area contributed by atoms with Gasteiger partial charge in [-0.15, -0.1) is 0 Å². The van der Waals surface area contributed by atoms with Gasteiger partial charge in [0.2, 0.25) is 0 Å². The van der Waals surface area contributed by atoms with Gasteiger partial charge in [0.05, 0.1) is 0 Å². The molecule has 0 radical (unpaired) electrons. The van der Waals surface area contributed by atoms with E-state index in [-0.39, 0.29) is 23.7 Å². The van der Waals surface area contributed by atoms with E-state index >= 15 is 0 Å². The molecule has 1 aliphatic carbocycles. The van der Waals surface area contributed by atoms with Crippen molar-refractivity contribution in [3.05, 3.63) is 93.0 Å². The van der Waals surface area contributed by atoms with E-state index in [2.05, 4.69) is 150 Å². The second kappa shape index (κ2) is 31.3. The Labute approximate surface area is 551 Å². The normalized spacial score (nSPS) is 24.6. The standard InChI is InChI=1S/C68H104N4O8P4S4/c1-13-25-29-33-37-49-53-41-55-50(38-34-30-26-14-2)57-43-59-52(40-36-32-28-16-4)60-44-58-51(39-35-31-27-15-3)56-42-54(49)62-46-64(56)76-83(87,71(21-9)22-10)78-66(58)48-68(60)80-84(88,72(23-11)24-12)79-67(59)47-65(57)77-82(86,70(19-7)20-8)75-63(55)45-61(53)73-81(85,74-62)69(17-5)18-6/h41-52H,13-40H2,1-12H3. The monoisotopic (exact) mass is 1360 g/mol. The molecule has 0 saturated heterocycles. The Hall–Kier alpha value is -2.28. The van der Waals surface area contributed by atoms with Gasteiger partial charge < -0.3 is 36.2 Å². The van der Waals surface area contributed by atoms with Crippen molar-refractivity contribution in [1.82, 2.24) is 18.7 Å². The Bertz CT molecular complexity index is 2690. The van der Waals surface area contributed by atoms with E-state index in [4.69, 9.17) is 83.4 Å². The van der Waals surface area contributed by atoms with Crippen molar-refractivity contribution in [3.8, 4) is 46.0 Å². The van der Waals surface area contributed by atoms with Crippen LogP contribution in [0.2, 0.25) is 0 Å². The largest absolute Gasteiger partial charge is 0.424 e. The minimum Gasteiger partial charge on any atom is -0.424 e. The van der Waals surface area contributed by atoms with Crippen LogP contribution < -0.4 is 36.2 Å². The highest BCUT2D eigenvalue weighted by molar-refractivity contribution is 8.10. The van der Waals surface area contributed by atoms with Crippen LogP contribution in [-0.4, -0.2) is 71.0 Å². The van der Waals surface area contributed by atoms with Gasteiger partial charge in [-0.05, 0) is 49.9 Å². The first-order valence-corrected chi connectivity index (χ1v) is 44.6. The second-order valence-electron chi connectivity index (χ2n) is 24.5. The SMILES string of the molecule is CCCCCCC1c2cc3c4cc2OP(=S)(N(CC)CC)Oc2cc5c(cc21)C(CCCCCC)c1cc2c(cc1OP(=S)(N(CC)CC)O5)OP(=S)(N(CC)CC)Oc1cc(c(cc1C2CCCCCC)C3CCCCCC)OP(=S)(N(CC)CC)O4. The molecule has 0 aromatic heterocycles. The predicted molar refractivity (Wildman–Crippen MR) is 382 cm³/mol. The van der Waals surface area contributed by atoms with Gasteiger partial charge in [-0.2, -0.15) is 0 Å². The zero-order valence-corrected chi connectivity index (χ0v) is 62.0. The van der Waals surface area contributed by atoms with Crippen molar-refractivity contribution in [1.29, 1.82) is 0 Å². The third-order valence-corrected chi connectivity index (χ3v) is 32.0. The Morgan fingerprint density at radius 1 is 0.250 bits per heavy atom. The molecule has 4 heterocycles. The van der Waals surface area contributed by atoms with Crippen molar-refractivity contribution in [2.45, 2.75) is 235 Å². The zero-order valence-electron chi connectivity index (χ0n) is 55.2. The molecule has 0 atom stereocenters. The molecule has 4 aromatic carbocycles. The van der Waals surface area contributed by atoms with Crippen LogP contribution in [0.25, 0.3) is 0 Å². The van der Waals surface area contributed by atoms with E-state index < -0.39 is 26.6 Å².